The quantitative estimate of drug-likeness (QED) is 0.375. The Labute approximate surface area is 207 Å². The summed E-state index contributed by atoms with van der Waals surface area (Å²) < 4.78 is 0. The van der Waals surface area contributed by atoms with Crippen LogP contribution in [0.15, 0.2) is 71.8 Å². The van der Waals surface area contributed by atoms with Gasteiger partial charge < -0.3 is 0 Å². The van der Waals surface area contributed by atoms with Crippen LogP contribution in [0, 0.1) is 11.3 Å². The Bertz CT molecular complexity index is 993. The summed E-state index contributed by atoms with van der Waals surface area (Å²) in [7, 11) is 2.86. The molecule has 2 atom stereocenters. The van der Waals surface area contributed by atoms with Crippen molar-refractivity contribution in [2.45, 2.75) is 72.6 Å². The van der Waals surface area contributed by atoms with E-state index >= 15 is 0 Å². The number of allylic oxidation sites excluding steroid dienone is 4. The summed E-state index contributed by atoms with van der Waals surface area (Å²) in [5, 5.41) is 0.621. The highest BCUT2D eigenvalue weighted by molar-refractivity contribution is 7.60. The molecule has 0 heterocycles. The van der Waals surface area contributed by atoms with E-state index in [1.165, 1.54) is 28.4 Å². The van der Waals surface area contributed by atoms with Gasteiger partial charge in [-0.1, -0.05) is 136 Å². The van der Waals surface area contributed by atoms with Gasteiger partial charge in [-0.25, -0.2) is 0 Å². The minimum Gasteiger partial charge on any atom is -0.133 e. The highest BCUT2D eigenvalue weighted by atomic mass is 31.1. The topological polar surface area (TPSA) is 0 Å². The van der Waals surface area contributed by atoms with E-state index in [-0.39, 0.29) is 13.3 Å². The third-order valence-electron chi connectivity index (χ3n) is 6.75. The predicted octanol–water partition coefficient (Wildman–Crippen LogP) is 9.52. The van der Waals surface area contributed by atoms with Crippen LogP contribution in [0.25, 0.3) is 11.1 Å². The standard InChI is InChI=1S/C31H44P2/c1-29(2,3)28-25(21-33(30(4,5)6)31(7,8)9)24(20-32)26(22-16-12-10-13-17-22)27(28)23-18-14-11-15-19-23/h10-19,25H,20-21,32H2,1-9H3. The summed E-state index contributed by atoms with van der Waals surface area (Å²) in [6.45, 7) is 22.0. The lowest BCUT2D eigenvalue weighted by Gasteiger charge is -2.44. The Kier molecular flexibility index (Phi) is 7.83. The zero-order chi connectivity index (χ0) is 24.6. The van der Waals surface area contributed by atoms with Gasteiger partial charge in [-0.3, -0.25) is 0 Å². The summed E-state index contributed by atoms with van der Waals surface area (Å²) in [5.41, 5.74) is 9.00. The second kappa shape index (κ2) is 9.80. The maximum Gasteiger partial charge on any atom is 0.00741 e. The smallest absolute Gasteiger partial charge is 0.00741 e. The van der Waals surface area contributed by atoms with E-state index in [1.54, 1.807) is 11.1 Å². The van der Waals surface area contributed by atoms with Gasteiger partial charge in [-0.15, -0.1) is 9.24 Å². The molecule has 0 saturated heterocycles. The largest absolute Gasteiger partial charge is 0.133 e. The molecule has 1 aliphatic carbocycles. The molecular weight excluding hydrogens is 434 g/mol. The lowest BCUT2D eigenvalue weighted by atomic mass is 9.76. The van der Waals surface area contributed by atoms with Crippen molar-refractivity contribution in [3.8, 4) is 0 Å². The van der Waals surface area contributed by atoms with Crippen LogP contribution in [0.2, 0.25) is 0 Å². The molecule has 0 spiro atoms. The van der Waals surface area contributed by atoms with Gasteiger partial charge in [0.05, 0.1) is 0 Å². The van der Waals surface area contributed by atoms with Crippen LogP contribution < -0.4 is 0 Å². The van der Waals surface area contributed by atoms with Crippen molar-refractivity contribution in [2.24, 2.45) is 11.3 Å². The maximum absolute atomic E-state index is 3.08. The molecule has 3 rings (SSSR count). The predicted molar refractivity (Wildman–Crippen MR) is 156 cm³/mol. The van der Waals surface area contributed by atoms with Gasteiger partial charge in [0.1, 0.15) is 0 Å². The van der Waals surface area contributed by atoms with Gasteiger partial charge in [-0.2, -0.15) is 0 Å². The minimum absolute atomic E-state index is 0.0915. The Hall–Kier alpha value is -1.22. The third-order valence-corrected chi connectivity index (χ3v) is 11.2. The summed E-state index contributed by atoms with van der Waals surface area (Å²) in [6.07, 6.45) is 2.27. The summed E-state index contributed by atoms with van der Waals surface area (Å²) in [5.74, 6) is 0.484. The third kappa shape index (κ3) is 5.72. The Morgan fingerprint density at radius 2 is 1.09 bits per heavy atom. The van der Waals surface area contributed by atoms with E-state index in [9.17, 15) is 0 Å². The molecule has 0 saturated carbocycles. The fraction of sp³-hybridized carbons (Fsp3) is 0.484. The van der Waals surface area contributed by atoms with Crippen molar-refractivity contribution in [1.29, 1.82) is 0 Å². The molecule has 0 aromatic heterocycles. The first-order valence-corrected chi connectivity index (χ1v) is 14.7. The highest BCUT2D eigenvalue weighted by Crippen LogP contribution is 2.64. The second-order valence-electron chi connectivity index (χ2n) is 12.4. The van der Waals surface area contributed by atoms with E-state index in [2.05, 4.69) is 132 Å². The van der Waals surface area contributed by atoms with E-state index in [1.807, 2.05) is 0 Å². The fourth-order valence-electron chi connectivity index (χ4n) is 5.74. The van der Waals surface area contributed by atoms with Crippen LogP contribution in [0.3, 0.4) is 0 Å². The van der Waals surface area contributed by atoms with Gasteiger partial charge in [0, 0.05) is 5.92 Å². The van der Waals surface area contributed by atoms with Crippen molar-refractivity contribution < 1.29 is 0 Å². The Morgan fingerprint density at radius 1 is 0.667 bits per heavy atom. The van der Waals surface area contributed by atoms with Crippen molar-refractivity contribution in [1.82, 2.24) is 0 Å². The van der Waals surface area contributed by atoms with Crippen LogP contribution in [0.1, 0.15) is 73.4 Å². The molecule has 0 amide bonds. The lowest BCUT2D eigenvalue weighted by Crippen LogP contribution is -2.31. The summed E-state index contributed by atoms with van der Waals surface area (Å²) >= 11 is 0. The molecule has 33 heavy (non-hydrogen) atoms. The summed E-state index contributed by atoms with van der Waals surface area (Å²) in [4.78, 5) is 0. The van der Waals surface area contributed by atoms with Gasteiger partial charge in [0.15, 0.2) is 0 Å². The average Bonchev–Trinajstić information content (AvgIpc) is 3.06. The number of hydrogen-bond acceptors (Lipinski definition) is 0. The molecule has 178 valence electrons. The zero-order valence-corrected chi connectivity index (χ0v) is 24.3. The molecule has 0 N–H and O–H groups in total. The van der Waals surface area contributed by atoms with Crippen LogP contribution in [0.5, 0.6) is 0 Å². The SMILES string of the molecule is CC(C)(C)C1=C(c2ccccc2)C(c2ccccc2)=C(CP)C1CP(C(C)(C)C)C(C)(C)C. The van der Waals surface area contributed by atoms with Gasteiger partial charge in [0.25, 0.3) is 0 Å². The normalized spacial score (nSPS) is 18.0. The van der Waals surface area contributed by atoms with Crippen LogP contribution in [0.4, 0.5) is 0 Å². The van der Waals surface area contributed by atoms with Crippen molar-refractivity contribution in [3.05, 3.63) is 82.9 Å². The Morgan fingerprint density at radius 3 is 1.45 bits per heavy atom. The monoisotopic (exact) mass is 478 g/mol. The molecule has 0 aliphatic heterocycles. The highest BCUT2D eigenvalue weighted by Gasteiger charge is 2.43. The average molecular weight is 479 g/mol. The number of benzene rings is 2. The fourth-order valence-corrected chi connectivity index (χ4v) is 10.1. The van der Waals surface area contributed by atoms with Crippen molar-refractivity contribution >= 4 is 28.3 Å². The van der Waals surface area contributed by atoms with Gasteiger partial charge in [0.2, 0.25) is 0 Å². The van der Waals surface area contributed by atoms with E-state index in [0.717, 1.165) is 6.16 Å². The molecule has 2 aromatic carbocycles. The number of rotatable bonds is 5. The van der Waals surface area contributed by atoms with E-state index < -0.39 is 0 Å². The molecule has 2 aromatic rings. The first-order chi connectivity index (χ1) is 15.3. The van der Waals surface area contributed by atoms with Crippen molar-refractivity contribution in [2.75, 3.05) is 12.3 Å². The molecule has 0 nitrogen and oxygen atoms in total. The molecule has 0 radical (unpaired) electrons. The van der Waals surface area contributed by atoms with Crippen molar-refractivity contribution in [3.63, 3.8) is 0 Å². The lowest BCUT2D eigenvalue weighted by molar-refractivity contribution is 0.463. The molecule has 2 heteroatoms. The second-order valence-corrected chi connectivity index (χ2v) is 16.7. The first kappa shape index (κ1) is 26.4. The van der Waals surface area contributed by atoms with Gasteiger partial charge in [-0.05, 0) is 55.9 Å². The Balaban J connectivity index is 2.35. The molecule has 1 aliphatic rings. The van der Waals surface area contributed by atoms with E-state index in [0.29, 0.717) is 16.2 Å². The molecule has 0 fully saturated rings. The minimum atomic E-state index is -0.213. The molecular formula is C31H44P2. The zero-order valence-electron chi connectivity index (χ0n) is 22.3. The van der Waals surface area contributed by atoms with Crippen LogP contribution in [-0.4, -0.2) is 22.6 Å². The number of hydrogen-bond donors (Lipinski definition) is 0. The van der Waals surface area contributed by atoms with Crippen LogP contribution >= 0.6 is 17.2 Å². The van der Waals surface area contributed by atoms with Gasteiger partial charge >= 0.3 is 0 Å². The molecule has 2 unspecified atom stereocenters. The van der Waals surface area contributed by atoms with Crippen LogP contribution in [-0.2, 0) is 0 Å². The maximum atomic E-state index is 3.08. The van der Waals surface area contributed by atoms with E-state index in [4.69, 9.17) is 0 Å². The molecule has 0 bridgehead atoms. The first-order valence-electron chi connectivity index (χ1n) is 12.3. The summed E-state index contributed by atoms with van der Waals surface area (Å²) in [6, 6.07) is 22.2.